The first-order chi connectivity index (χ1) is 7.11. The van der Waals surface area contributed by atoms with E-state index < -0.39 is 0 Å². The summed E-state index contributed by atoms with van der Waals surface area (Å²) in [5.74, 6) is 0.738. The van der Waals surface area contributed by atoms with E-state index in [9.17, 15) is 0 Å². The van der Waals surface area contributed by atoms with Crippen molar-refractivity contribution in [1.82, 2.24) is 0 Å². The zero-order valence-electron chi connectivity index (χ0n) is 9.62. The van der Waals surface area contributed by atoms with Gasteiger partial charge in [0.25, 0.3) is 0 Å². The number of hydrogen-bond donors (Lipinski definition) is 1. The van der Waals surface area contributed by atoms with E-state index >= 15 is 0 Å². The van der Waals surface area contributed by atoms with Gasteiger partial charge in [-0.1, -0.05) is 12.1 Å². The van der Waals surface area contributed by atoms with Gasteiger partial charge in [-0.3, -0.25) is 0 Å². The van der Waals surface area contributed by atoms with Crippen molar-refractivity contribution in [2.75, 3.05) is 18.9 Å². The predicted octanol–water partition coefficient (Wildman–Crippen LogP) is 2.38. The number of nitrogen functional groups attached to an aromatic ring is 1. The highest BCUT2D eigenvalue weighted by Crippen LogP contribution is 2.23. The molecule has 0 bridgehead atoms. The molecule has 84 valence electrons. The Morgan fingerprint density at radius 1 is 1.27 bits per heavy atom. The first-order valence-corrected chi connectivity index (χ1v) is 5.20. The lowest BCUT2D eigenvalue weighted by Crippen LogP contribution is -2.12. The van der Waals surface area contributed by atoms with Gasteiger partial charge in [0.05, 0.1) is 18.4 Å². The minimum absolute atomic E-state index is 0.239. The lowest BCUT2D eigenvalue weighted by atomic mass is 10.2. The van der Waals surface area contributed by atoms with Crippen molar-refractivity contribution in [3.05, 3.63) is 23.8 Å². The molecule has 2 N–H and O–H groups in total. The number of para-hydroxylation sites is 1. The van der Waals surface area contributed by atoms with Crippen LogP contribution in [0.1, 0.15) is 19.4 Å². The summed E-state index contributed by atoms with van der Waals surface area (Å²) in [4.78, 5) is 0. The number of hydrogen-bond acceptors (Lipinski definition) is 3. The van der Waals surface area contributed by atoms with Crippen LogP contribution in [0.4, 0.5) is 5.69 Å². The Labute approximate surface area is 91.2 Å². The molecule has 0 saturated carbocycles. The molecule has 0 spiro atoms. The van der Waals surface area contributed by atoms with Crippen LogP contribution in [0.2, 0.25) is 0 Å². The third kappa shape index (κ3) is 3.80. The average molecular weight is 209 g/mol. The average Bonchev–Trinajstić information content (AvgIpc) is 2.18. The molecule has 0 radical (unpaired) electrons. The molecule has 0 aliphatic carbocycles. The highest BCUT2D eigenvalue weighted by molar-refractivity contribution is 5.57. The van der Waals surface area contributed by atoms with Gasteiger partial charge in [-0.05, 0) is 32.4 Å². The molecule has 0 aliphatic heterocycles. The molecule has 3 nitrogen and oxygen atoms in total. The minimum Gasteiger partial charge on any atom is -0.489 e. The summed E-state index contributed by atoms with van der Waals surface area (Å²) in [5, 5.41) is 0. The maximum absolute atomic E-state index is 5.86. The summed E-state index contributed by atoms with van der Waals surface area (Å²) in [6.45, 7) is 7.09. The normalized spacial score (nSPS) is 10.7. The van der Waals surface area contributed by atoms with Gasteiger partial charge in [0.2, 0.25) is 0 Å². The second-order valence-corrected chi connectivity index (χ2v) is 3.75. The van der Waals surface area contributed by atoms with Crippen molar-refractivity contribution < 1.29 is 9.47 Å². The first kappa shape index (κ1) is 11.9. The van der Waals surface area contributed by atoms with E-state index in [2.05, 4.69) is 0 Å². The molecule has 1 aromatic rings. The molecule has 0 aromatic heterocycles. The van der Waals surface area contributed by atoms with E-state index in [1.165, 1.54) is 0 Å². The van der Waals surface area contributed by atoms with Gasteiger partial charge >= 0.3 is 0 Å². The number of aryl methyl sites for hydroxylation is 1. The minimum atomic E-state index is 0.239. The number of rotatable bonds is 5. The summed E-state index contributed by atoms with van der Waals surface area (Å²) in [6.07, 6.45) is 0.239. The zero-order valence-corrected chi connectivity index (χ0v) is 9.62. The Bertz CT molecular complexity index is 310. The van der Waals surface area contributed by atoms with Crippen molar-refractivity contribution in [3.8, 4) is 5.75 Å². The van der Waals surface area contributed by atoms with Crippen molar-refractivity contribution >= 4 is 5.69 Å². The Morgan fingerprint density at radius 2 is 2.00 bits per heavy atom. The standard InChI is InChI=1S/C12H19NO2/c1-9(2)14-7-8-15-11-6-4-5-10(3)12(11)13/h4-6,9H,7-8,13H2,1-3H3. The number of nitrogens with two attached hydrogens (primary N) is 1. The van der Waals surface area contributed by atoms with Crippen LogP contribution in [0.15, 0.2) is 18.2 Å². The zero-order chi connectivity index (χ0) is 11.3. The van der Waals surface area contributed by atoms with E-state index in [-0.39, 0.29) is 6.10 Å². The maximum Gasteiger partial charge on any atom is 0.142 e. The highest BCUT2D eigenvalue weighted by Gasteiger charge is 2.02. The van der Waals surface area contributed by atoms with E-state index in [0.717, 1.165) is 11.3 Å². The Morgan fingerprint density at radius 3 is 2.67 bits per heavy atom. The monoisotopic (exact) mass is 209 g/mol. The molecule has 1 rings (SSSR count). The molecule has 0 aliphatic rings. The molecule has 0 atom stereocenters. The molecular formula is C12H19NO2. The smallest absolute Gasteiger partial charge is 0.142 e. The van der Waals surface area contributed by atoms with Gasteiger partial charge in [-0.2, -0.15) is 0 Å². The fourth-order valence-corrected chi connectivity index (χ4v) is 1.22. The summed E-state index contributed by atoms with van der Waals surface area (Å²) < 4.78 is 10.9. The second kappa shape index (κ2) is 5.61. The van der Waals surface area contributed by atoms with Crippen LogP contribution in [0.5, 0.6) is 5.75 Å². The van der Waals surface area contributed by atoms with Crippen molar-refractivity contribution in [3.63, 3.8) is 0 Å². The fraction of sp³-hybridized carbons (Fsp3) is 0.500. The van der Waals surface area contributed by atoms with Crippen molar-refractivity contribution in [1.29, 1.82) is 0 Å². The van der Waals surface area contributed by atoms with Crippen LogP contribution in [-0.2, 0) is 4.74 Å². The summed E-state index contributed by atoms with van der Waals surface area (Å²) in [6, 6.07) is 5.77. The van der Waals surface area contributed by atoms with Gasteiger partial charge < -0.3 is 15.2 Å². The van der Waals surface area contributed by atoms with Crippen LogP contribution in [0.3, 0.4) is 0 Å². The molecule has 0 amide bonds. The van der Waals surface area contributed by atoms with Crippen LogP contribution in [-0.4, -0.2) is 19.3 Å². The second-order valence-electron chi connectivity index (χ2n) is 3.75. The van der Waals surface area contributed by atoms with E-state index in [1.54, 1.807) is 0 Å². The van der Waals surface area contributed by atoms with Crippen LogP contribution in [0.25, 0.3) is 0 Å². The number of benzene rings is 1. The Balaban J connectivity index is 2.41. The van der Waals surface area contributed by atoms with E-state index in [0.29, 0.717) is 18.9 Å². The topological polar surface area (TPSA) is 44.5 Å². The Hall–Kier alpha value is -1.22. The molecule has 0 heterocycles. The van der Waals surface area contributed by atoms with Crippen molar-refractivity contribution in [2.45, 2.75) is 26.9 Å². The van der Waals surface area contributed by atoms with Gasteiger partial charge in [-0.15, -0.1) is 0 Å². The lowest BCUT2D eigenvalue weighted by Gasteiger charge is -2.11. The Kier molecular flexibility index (Phi) is 4.43. The van der Waals surface area contributed by atoms with Crippen LogP contribution < -0.4 is 10.5 Å². The summed E-state index contributed by atoms with van der Waals surface area (Å²) >= 11 is 0. The van der Waals surface area contributed by atoms with Gasteiger partial charge in [0, 0.05) is 0 Å². The molecule has 0 unspecified atom stereocenters. The van der Waals surface area contributed by atoms with Crippen LogP contribution in [0, 0.1) is 6.92 Å². The molecular weight excluding hydrogens is 190 g/mol. The number of ether oxygens (including phenoxy) is 2. The summed E-state index contributed by atoms with van der Waals surface area (Å²) in [5.41, 5.74) is 7.61. The number of anilines is 1. The van der Waals surface area contributed by atoms with Crippen LogP contribution >= 0.6 is 0 Å². The molecule has 0 saturated heterocycles. The molecule has 0 fully saturated rings. The van der Waals surface area contributed by atoms with Crippen molar-refractivity contribution in [2.24, 2.45) is 0 Å². The molecule has 15 heavy (non-hydrogen) atoms. The lowest BCUT2D eigenvalue weighted by molar-refractivity contribution is 0.0554. The first-order valence-electron chi connectivity index (χ1n) is 5.20. The summed E-state index contributed by atoms with van der Waals surface area (Å²) in [7, 11) is 0. The molecule has 1 aromatic carbocycles. The van der Waals surface area contributed by atoms with Gasteiger partial charge in [0.15, 0.2) is 0 Å². The predicted molar refractivity (Wildman–Crippen MR) is 62.2 cm³/mol. The SMILES string of the molecule is Cc1cccc(OCCOC(C)C)c1N. The van der Waals surface area contributed by atoms with E-state index in [1.807, 2.05) is 39.0 Å². The largest absolute Gasteiger partial charge is 0.489 e. The van der Waals surface area contributed by atoms with E-state index in [4.69, 9.17) is 15.2 Å². The quantitative estimate of drug-likeness (QED) is 0.598. The van der Waals surface area contributed by atoms with Gasteiger partial charge in [-0.25, -0.2) is 0 Å². The maximum atomic E-state index is 5.86. The third-order valence-corrected chi connectivity index (χ3v) is 2.08. The molecule has 3 heteroatoms. The third-order valence-electron chi connectivity index (χ3n) is 2.08. The van der Waals surface area contributed by atoms with Gasteiger partial charge in [0.1, 0.15) is 12.4 Å². The highest BCUT2D eigenvalue weighted by atomic mass is 16.5. The fourth-order valence-electron chi connectivity index (χ4n) is 1.22.